The monoisotopic (exact) mass is 156 g/mol. The number of carbonyl (C=O) groups excluding carboxylic acids is 1. The first-order chi connectivity index (χ1) is 5.18. The molecule has 0 aliphatic carbocycles. The summed E-state index contributed by atoms with van der Waals surface area (Å²) in [6, 6.07) is 0. The molecule has 1 N–H and O–H groups in total. The van der Waals surface area contributed by atoms with Crippen LogP contribution >= 0.6 is 0 Å². The molecule has 0 aromatic rings. The van der Waals surface area contributed by atoms with Gasteiger partial charge in [-0.3, -0.25) is 4.79 Å². The van der Waals surface area contributed by atoms with Crippen LogP contribution < -0.4 is 0 Å². The molecule has 0 bridgehead atoms. The minimum absolute atomic E-state index is 0.221. The molecular weight excluding hydrogens is 140 g/mol. The van der Waals surface area contributed by atoms with Gasteiger partial charge in [0, 0.05) is 6.42 Å². The second kappa shape index (κ2) is 5.96. The second-order valence-corrected chi connectivity index (χ2v) is 2.68. The predicted molar refractivity (Wildman–Crippen MR) is 45.5 cm³/mol. The number of Topliss-reactive ketones (excluding diaryl/α,β-unsaturated/α-hetero) is 1. The van der Waals surface area contributed by atoms with Gasteiger partial charge >= 0.3 is 0 Å². The molecule has 0 fully saturated rings. The van der Waals surface area contributed by atoms with Gasteiger partial charge < -0.3 is 5.11 Å². The van der Waals surface area contributed by atoms with Crippen LogP contribution in [0.4, 0.5) is 0 Å². The van der Waals surface area contributed by atoms with Crippen molar-refractivity contribution in [2.45, 2.75) is 39.0 Å². The zero-order valence-corrected chi connectivity index (χ0v) is 7.10. The average molecular weight is 156 g/mol. The zero-order chi connectivity index (χ0) is 8.69. The minimum atomic E-state index is -0.304. The van der Waals surface area contributed by atoms with Crippen molar-refractivity contribution in [3.8, 4) is 0 Å². The van der Waals surface area contributed by atoms with Crippen molar-refractivity contribution < 1.29 is 9.90 Å². The van der Waals surface area contributed by atoms with E-state index >= 15 is 0 Å². The van der Waals surface area contributed by atoms with Crippen molar-refractivity contribution in [1.29, 1.82) is 0 Å². The summed E-state index contributed by atoms with van der Waals surface area (Å²) in [5.41, 5.74) is 0. The van der Waals surface area contributed by atoms with Crippen molar-refractivity contribution in [1.82, 2.24) is 0 Å². The van der Waals surface area contributed by atoms with Crippen molar-refractivity contribution in [3.63, 3.8) is 0 Å². The molecule has 0 aliphatic heterocycles. The summed E-state index contributed by atoms with van der Waals surface area (Å²) in [5.74, 6) is -0.525. The molecule has 0 aliphatic rings. The van der Waals surface area contributed by atoms with E-state index in [1.807, 2.05) is 0 Å². The molecule has 0 aromatic heterocycles. The third-order valence-electron chi connectivity index (χ3n) is 1.58. The lowest BCUT2D eigenvalue weighted by Crippen LogP contribution is -1.99. The van der Waals surface area contributed by atoms with Crippen molar-refractivity contribution >= 4 is 5.78 Å². The molecule has 0 amide bonds. The van der Waals surface area contributed by atoms with Crippen LogP contribution in [0.15, 0.2) is 12.3 Å². The van der Waals surface area contributed by atoms with Crippen LogP contribution in [0.5, 0.6) is 0 Å². The Balaban J connectivity index is 3.25. The van der Waals surface area contributed by atoms with Crippen LogP contribution in [0.1, 0.15) is 39.0 Å². The minimum Gasteiger partial charge on any atom is -0.505 e. The molecule has 0 saturated heterocycles. The van der Waals surface area contributed by atoms with Gasteiger partial charge in [0.1, 0.15) is 0 Å². The molecule has 0 atom stereocenters. The van der Waals surface area contributed by atoms with Crippen LogP contribution in [0, 0.1) is 0 Å². The fourth-order valence-electron chi connectivity index (χ4n) is 0.857. The summed E-state index contributed by atoms with van der Waals surface area (Å²) in [6.45, 7) is 5.28. The van der Waals surface area contributed by atoms with Crippen molar-refractivity contribution in [2.24, 2.45) is 0 Å². The first-order valence-electron chi connectivity index (χ1n) is 4.09. The largest absolute Gasteiger partial charge is 0.505 e. The maximum atomic E-state index is 10.8. The van der Waals surface area contributed by atoms with Gasteiger partial charge in [0.2, 0.25) is 0 Å². The Morgan fingerprint density at radius 2 is 2.00 bits per heavy atom. The number of aliphatic hydroxyl groups excluding tert-OH is 1. The number of hydrogen-bond acceptors (Lipinski definition) is 2. The summed E-state index contributed by atoms with van der Waals surface area (Å²) < 4.78 is 0. The number of rotatable bonds is 6. The lowest BCUT2D eigenvalue weighted by molar-refractivity contribution is -0.118. The molecular formula is C9H16O2. The highest BCUT2D eigenvalue weighted by Gasteiger charge is 2.02. The molecule has 0 spiro atoms. The number of ketones is 1. The Bertz CT molecular complexity index is 138. The maximum absolute atomic E-state index is 10.8. The van der Waals surface area contributed by atoms with Crippen molar-refractivity contribution in [3.05, 3.63) is 12.3 Å². The quantitative estimate of drug-likeness (QED) is 0.364. The summed E-state index contributed by atoms with van der Waals surface area (Å²) in [7, 11) is 0. The molecule has 0 heterocycles. The predicted octanol–water partition coefficient (Wildman–Crippen LogP) is 2.60. The summed E-state index contributed by atoms with van der Waals surface area (Å²) in [6.07, 6.45) is 4.69. The summed E-state index contributed by atoms with van der Waals surface area (Å²) in [5, 5.41) is 8.63. The highest BCUT2D eigenvalue weighted by molar-refractivity contribution is 5.92. The smallest absolute Gasteiger partial charge is 0.196 e. The Morgan fingerprint density at radius 1 is 1.36 bits per heavy atom. The van der Waals surface area contributed by atoms with Gasteiger partial charge in [-0.25, -0.2) is 0 Å². The standard InChI is InChI=1S/C9H16O2/c1-3-4-5-6-7-9(11)8(2)10/h10H,2-7H2,1H3. The van der Waals surface area contributed by atoms with E-state index in [0.717, 1.165) is 25.7 Å². The van der Waals surface area contributed by atoms with Gasteiger partial charge in [-0.05, 0) is 6.42 Å². The van der Waals surface area contributed by atoms with E-state index in [-0.39, 0.29) is 11.5 Å². The average Bonchev–Trinajstić information content (AvgIpc) is 1.97. The van der Waals surface area contributed by atoms with Gasteiger partial charge in [0.15, 0.2) is 11.5 Å². The lowest BCUT2D eigenvalue weighted by atomic mass is 10.1. The molecule has 0 rings (SSSR count). The summed E-state index contributed by atoms with van der Waals surface area (Å²) in [4.78, 5) is 10.8. The Morgan fingerprint density at radius 3 is 2.45 bits per heavy atom. The number of carbonyl (C=O) groups is 1. The van der Waals surface area contributed by atoms with E-state index in [1.54, 1.807) is 0 Å². The van der Waals surface area contributed by atoms with Crippen LogP contribution in [-0.4, -0.2) is 10.9 Å². The molecule has 64 valence electrons. The Hall–Kier alpha value is -0.790. The Kier molecular flexibility index (Phi) is 5.53. The van der Waals surface area contributed by atoms with Gasteiger partial charge in [-0.15, -0.1) is 0 Å². The molecule has 11 heavy (non-hydrogen) atoms. The molecule has 2 nitrogen and oxygen atoms in total. The second-order valence-electron chi connectivity index (χ2n) is 2.68. The van der Waals surface area contributed by atoms with E-state index < -0.39 is 0 Å². The fourth-order valence-corrected chi connectivity index (χ4v) is 0.857. The maximum Gasteiger partial charge on any atom is 0.196 e. The van der Waals surface area contributed by atoms with Gasteiger partial charge in [0.25, 0.3) is 0 Å². The first kappa shape index (κ1) is 10.2. The fraction of sp³-hybridized carbons (Fsp3) is 0.667. The van der Waals surface area contributed by atoms with Crippen LogP contribution in [0.3, 0.4) is 0 Å². The van der Waals surface area contributed by atoms with Crippen LogP contribution in [0.2, 0.25) is 0 Å². The molecule has 0 unspecified atom stereocenters. The molecule has 0 saturated carbocycles. The lowest BCUT2D eigenvalue weighted by Gasteiger charge is -1.97. The normalized spacial score (nSPS) is 9.55. The van der Waals surface area contributed by atoms with E-state index in [0.29, 0.717) is 6.42 Å². The Labute approximate surface area is 67.9 Å². The highest BCUT2D eigenvalue weighted by Crippen LogP contribution is 2.04. The first-order valence-corrected chi connectivity index (χ1v) is 4.09. The summed E-state index contributed by atoms with van der Waals surface area (Å²) >= 11 is 0. The zero-order valence-electron chi connectivity index (χ0n) is 7.10. The topological polar surface area (TPSA) is 37.3 Å². The number of allylic oxidation sites excluding steroid dienone is 1. The van der Waals surface area contributed by atoms with Crippen molar-refractivity contribution in [2.75, 3.05) is 0 Å². The van der Waals surface area contributed by atoms with E-state index in [9.17, 15) is 4.79 Å². The van der Waals surface area contributed by atoms with E-state index in [1.165, 1.54) is 0 Å². The molecule has 0 radical (unpaired) electrons. The number of hydrogen-bond donors (Lipinski definition) is 1. The van der Waals surface area contributed by atoms with Gasteiger partial charge in [-0.2, -0.15) is 0 Å². The number of aliphatic hydroxyl groups is 1. The SMILES string of the molecule is C=C(O)C(=O)CCCCCC. The van der Waals surface area contributed by atoms with Crippen LogP contribution in [-0.2, 0) is 4.79 Å². The van der Waals surface area contributed by atoms with E-state index in [2.05, 4.69) is 13.5 Å². The van der Waals surface area contributed by atoms with E-state index in [4.69, 9.17) is 5.11 Å². The third-order valence-corrected chi connectivity index (χ3v) is 1.58. The third kappa shape index (κ3) is 5.64. The molecule has 2 heteroatoms. The van der Waals surface area contributed by atoms with Gasteiger partial charge in [-0.1, -0.05) is 32.8 Å². The van der Waals surface area contributed by atoms with Gasteiger partial charge in [0.05, 0.1) is 0 Å². The highest BCUT2D eigenvalue weighted by atomic mass is 16.3. The number of unbranched alkanes of at least 4 members (excludes halogenated alkanes) is 3. The van der Waals surface area contributed by atoms with Crippen LogP contribution in [0.25, 0.3) is 0 Å². The molecule has 0 aromatic carbocycles.